The van der Waals surface area contributed by atoms with Crippen LogP contribution in [0.3, 0.4) is 0 Å². The average molecular weight is 380 g/mol. The Bertz CT molecular complexity index is 802. The summed E-state index contributed by atoms with van der Waals surface area (Å²) in [5, 5.41) is 3.23. The van der Waals surface area contributed by atoms with Gasteiger partial charge in [-0.3, -0.25) is 4.90 Å². The molecule has 1 aliphatic heterocycles. The molecule has 0 saturated carbocycles. The van der Waals surface area contributed by atoms with Gasteiger partial charge in [0.25, 0.3) is 0 Å². The highest BCUT2D eigenvalue weighted by Crippen LogP contribution is 2.25. The molecular formula is C18H25N3O2S2. The first-order valence-corrected chi connectivity index (χ1v) is 10.8. The molecule has 0 atom stereocenters. The summed E-state index contributed by atoms with van der Waals surface area (Å²) >= 11 is 1.69. The summed E-state index contributed by atoms with van der Waals surface area (Å²) in [7, 11) is -3.38. The van der Waals surface area contributed by atoms with Gasteiger partial charge in [0.2, 0.25) is 10.0 Å². The molecule has 1 aliphatic rings. The van der Waals surface area contributed by atoms with Crippen molar-refractivity contribution in [2.45, 2.75) is 37.6 Å². The molecular weight excluding hydrogens is 354 g/mol. The van der Waals surface area contributed by atoms with Crippen LogP contribution in [0.1, 0.15) is 31.5 Å². The van der Waals surface area contributed by atoms with Crippen LogP contribution in [-0.2, 0) is 22.0 Å². The number of nitrogens with zero attached hydrogens (tertiary/aromatic N) is 3. The lowest BCUT2D eigenvalue weighted by Gasteiger charge is -2.33. The van der Waals surface area contributed by atoms with Gasteiger partial charge in [-0.25, -0.2) is 13.4 Å². The van der Waals surface area contributed by atoms with Gasteiger partial charge in [-0.15, -0.1) is 11.3 Å². The van der Waals surface area contributed by atoms with Crippen molar-refractivity contribution in [2.75, 3.05) is 26.2 Å². The first-order chi connectivity index (χ1) is 11.8. The van der Waals surface area contributed by atoms with Gasteiger partial charge in [0.05, 0.1) is 17.1 Å². The van der Waals surface area contributed by atoms with Crippen LogP contribution in [0.5, 0.6) is 0 Å². The second-order valence-electron chi connectivity index (χ2n) is 7.37. The minimum absolute atomic E-state index is 0.0667. The van der Waals surface area contributed by atoms with Gasteiger partial charge in [-0.1, -0.05) is 39.0 Å². The lowest BCUT2D eigenvalue weighted by molar-refractivity contribution is 0.181. The van der Waals surface area contributed by atoms with Crippen molar-refractivity contribution in [3.05, 3.63) is 46.4 Å². The molecule has 7 heteroatoms. The van der Waals surface area contributed by atoms with E-state index >= 15 is 0 Å². The fourth-order valence-electron chi connectivity index (χ4n) is 2.79. The molecule has 3 rings (SSSR count). The predicted molar refractivity (Wildman–Crippen MR) is 101 cm³/mol. The monoisotopic (exact) mass is 379 g/mol. The Kier molecular flexibility index (Phi) is 5.29. The van der Waals surface area contributed by atoms with Crippen LogP contribution in [-0.4, -0.2) is 48.8 Å². The number of rotatable bonds is 4. The van der Waals surface area contributed by atoms with Gasteiger partial charge in [0.15, 0.2) is 0 Å². The molecule has 1 aromatic carbocycles. The van der Waals surface area contributed by atoms with Crippen LogP contribution in [0.15, 0.2) is 40.6 Å². The van der Waals surface area contributed by atoms with E-state index in [1.807, 2.05) is 6.07 Å². The third-order valence-electron chi connectivity index (χ3n) is 4.39. The molecule has 1 saturated heterocycles. The van der Waals surface area contributed by atoms with Crippen LogP contribution >= 0.6 is 11.3 Å². The lowest BCUT2D eigenvalue weighted by atomic mass is 9.93. The zero-order valence-corrected chi connectivity index (χ0v) is 16.6. The summed E-state index contributed by atoms with van der Waals surface area (Å²) in [6, 6.07) is 8.67. The second kappa shape index (κ2) is 7.15. The molecule has 0 aliphatic carbocycles. The largest absolute Gasteiger partial charge is 0.294 e. The lowest BCUT2D eigenvalue weighted by Crippen LogP contribution is -2.48. The fraction of sp³-hybridized carbons (Fsp3) is 0.500. The summed E-state index contributed by atoms with van der Waals surface area (Å²) < 4.78 is 26.9. The van der Waals surface area contributed by atoms with Crippen LogP contribution in [0.4, 0.5) is 0 Å². The van der Waals surface area contributed by atoms with E-state index in [0.717, 1.165) is 30.3 Å². The number of aromatic nitrogens is 1. The molecule has 2 heterocycles. The molecule has 1 aromatic heterocycles. The fourth-order valence-corrected chi connectivity index (χ4v) is 5.29. The zero-order chi connectivity index (χ0) is 18.1. The SMILES string of the molecule is CC(C)(C)c1csc(CN2CCN(S(=O)(=O)c3ccccc3)CC2)n1. The van der Waals surface area contributed by atoms with Crippen molar-refractivity contribution in [1.82, 2.24) is 14.2 Å². The van der Waals surface area contributed by atoms with Gasteiger partial charge in [-0.2, -0.15) is 4.31 Å². The van der Waals surface area contributed by atoms with Crippen molar-refractivity contribution in [1.29, 1.82) is 0 Å². The Morgan fingerprint density at radius 1 is 1.08 bits per heavy atom. The third kappa shape index (κ3) is 4.28. The standard InChI is InChI=1S/C18H25N3O2S2/c1-18(2,3)16-14-24-17(19-16)13-20-9-11-21(12-10-20)25(22,23)15-7-5-4-6-8-15/h4-8,14H,9-13H2,1-3H3. The van der Waals surface area contributed by atoms with Crippen LogP contribution < -0.4 is 0 Å². The highest BCUT2D eigenvalue weighted by molar-refractivity contribution is 7.89. The summed E-state index contributed by atoms with van der Waals surface area (Å²) in [6.45, 7) is 9.80. The molecule has 0 radical (unpaired) electrons. The van der Waals surface area contributed by atoms with Gasteiger partial charge in [-0.05, 0) is 12.1 Å². The highest BCUT2D eigenvalue weighted by Gasteiger charge is 2.28. The predicted octanol–water partition coefficient (Wildman–Crippen LogP) is 2.95. The maximum atomic E-state index is 12.7. The molecule has 0 bridgehead atoms. The van der Waals surface area contributed by atoms with Gasteiger partial charge in [0.1, 0.15) is 5.01 Å². The molecule has 25 heavy (non-hydrogen) atoms. The van der Waals surface area contributed by atoms with E-state index in [1.54, 1.807) is 39.9 Å². The summed E-state index contributed by atoms with van der Waals surface area (Å²) in [5.41, 5.74) is 1.19. The first kappa shape index (κ1) is 18.5. The van der Waals surface area contributed by atoms with E-state index in [2.05, 4.69) is 31.1 Å². The van der Waals surface area contributed by atoms with Crippen molar-refractivity contribution < 1.29 is 8.42 Å². The van der Waals surface area contributed by atoms with E-state index in [0.29, 0.717) is 18.0 Å². The Morgan fingerprint density at radius 3 is 2.28 bits per heavy atom. The molecule has 0 N–H and O–H groups in total. The minimum atomic E-state index is -3.38. The van der Waals surface area contributed by atoms with Crippen LogP contribution in [0, 0.1) is 0 Å². The van der Waals surface area contributed by atoms with Gasteiger partial charge < -0.3 is 0 Å². The van der Waals surface area contributed by atoms with E-state index in [1.165, 1.54) is 0 Å². The highest BCUT2D eigenvalue weighted by atomic mass is 32.2. The van der Waals surface area contributed by atoms with Crippen LogP contribution in [0.2, 0.25) is 0 Å². The van der Waals surface area contributed by atoms with Crippen molar-refractivity contribution >= 4 is 21.4 Å². The molecule has 2 aromatic rings. The first-order valence-electron chi connectivity index (χ1n) is 8.49. The topological polar surface area (TPSA) is 53.5 Å². The normalized spacial score (nSPS) is 17.7. The van der Waals surface area contributed by atoms with E-state index in [-0.39, 0.29) is 5.41 Å². The minimum Gasteiger partial charge on any atom is -0.294 e. The molecule has 136 valence electrons. The summed E-state index contributed by atoms with van der Waals surface area (Å²) in [4.78, 5) is 7.39. The van der Waals surface area contributed by atoms with E-state index < -0.39 is 10.0 Å². The molecule has 0 amide bonds. The Balaban J connectivity index is 1.60. The van der Waals surface area contributed by atoms with Crippen molar-refractivity contribution in [2.24, 2.45) is 0 Å². The third-order valence-corrected chi connectivity index (χ3v) is 7.14. The number of hydrogen-bond donors (Lipinski definition) is 0. The second-order valence-corrected chi connectivity index (χ2v) is 10.3. The quantitative estimate of drug-likeness (QED) is 0.820. The number of sulfonamides is 1. The summed E-state index contributed by atoms with van der Waals surface area (Å²) in [6.07, 6.45) is 0. The van der Waals surface area contributed by atoms with E-state index in [4.69, 9.17) is 4.98 Å². The van der Waals surface area contributed by atoms with Crippen molar-refractivity contribution in [3.8, 4) is 0 Å². The number of hydrogen-bond acceptors (Lipinski definition) is 5. The maximum absolute atomic E-state index is 12.7. The van der Waals surface area contributed by atoms with Crippen molar-refractivity contribution in [3.63, 3.8) is 0 Å². The molecule has 1 fully saturated rings. The molecule has 0 unspecified atom stereocenters. The Hall–Kier alpha value is -1.28. The Labute approximate surface area is 154 Å². The van der Waals surface area contributed by atoms with Crippen LogP contribution in [0.25, 0.3) is 0 Å². The molecule has 5 nitrogen and oxygen atoms in total. The Morgan fingerprint density at radius 2 is 1.72 bits per heavy atom. The number of piperazine rings is 1. The summed E-state index contributed by atoms with van der Waals surface area (Å²) in [5.74, 6) is 0. The van der Waals surface area contributed by atoms with E-state index in [9.17, 15) is 8.42 Å². The maximum Gasteiger partial charge on any atom is 0.243 e. The van der Waals surface area contributed by atoms with Gasteiger partial charge >= 0.3 is 0 Å². The number of benzene rings is 1. The smallest absolute Gasteiger partial charge is 0.243 e. The molecule has 0 spiro atoms. The number of thiazole rings is 1. The van der Waals surface area contributed by atoms with Gasteiger partial charge in [0, 0.05) is 37.0 Å². The zero-order valence-electron chi connectivity index (χ0n) is 15.0. The average Bonchev–Trinajstić information content (AvgIpc) is 3.05.